The van der Waals surface area contributed by atoms with Crippen LogP contribution in [0.5, 0.6) is 5.75 Å². The molecule has 0 N–H and O–H groups in total. The number of hydrogen-bond donors (Lipinski definition) is 0. The first-order valence-electron chi connectivity index (χ1n) is 10.2. The third kappa shape index (κ3) is 4.61. The van der Waals surface area contributed by atoms with Gasteiger partial charge < -0.3 is 14.4 Å². The van der Waals surface area contributed by atoms with Gasteiger partial charge >= 0.3 is 0 Å². The molecular weight excluding hydrogens is 376 g/mol. The lowest BCUT2D eigenvalue weighted by atomic mass is 10.1. The summed E-state index contributed by atoms with van der Waals surface area (Å²) in [4.78, 5) is 13.9. The monoisotopic (exact) mass is 404 g/mol. The van der Waals surface area contributed by atoms with E-state index in [4.69, 9.17) is 14.5 Å². The van der Waals surface area contributed by atoms with E-state index in [1.165, 1.54) is 5.56 Å². The van der Waals surface area contributed by atoms with Gasteiger partial charge in [-0.15, -0.1) is 0 Å². The number of benzene rings is 1. The summed E-state index contributed by atoms with van der Waals surface area (Å²) in [6.07, 6.45) is 1.80. The third-order valence-corrected chi connectivity index (χ3v) is 5.32. The Hall–Kier alpha value is -2.96. The SMILES string of the molecule is COc1ccc(-c2cccc([C@@H]3CN(Cc4cccnc4N(C)C)CCO3)n2)cc1. The highest BCUT2D eigenvalue weighted by molar-refractivity contribution is 5.60. The maximum atomic E-state index is 6.09. The van der Waals surface area contributed by atoms with Gasteiger partial charge in [-0.05, 0) is 42.5 Å². The van der Waals surface area contributed by atoms with Gasteiger partial charge in [0.1, 0.15) is 17.7 Å². The van der Waals surface area contributed by atoms with Crippen molar-refractivity contribution in [1.82, 2.24) is 14.9 Å². The Labute approximate surface area is 178 Å². The Bertz CT molecular complexity index is 975. The number of hydrogen-bond acceptors (Lipinski definition) is 6. The highest BCUT2D eigenvalue weighted by Gasteiger charge is 2.24. The van der Waals surface area contributed by atoms with E-state index in [9.17, 15) is 0 Å². The Morgan fingerprint density at radius 3 is 2.70 bits per heavy atom. The lowest BCUT2D eigenvalue weighted by Crippen LogP contribution is -2.38. The summed E-state index contributed by atoms with van der Waals surface area (Å²) in [5.74, 6) is 1.86. The zero-order valence-electron chi connectivity index (χ0n) is 17.8. The molecule has 4 rings (SSSR count). The Balaban J connectivity index is 1.49. The lowest BCUT2D eigenvalue weighted by Gasteiger charge is -2.33. The normalized spacial score (nSPS) is 17.0. The number of ether oxygens (including phenoxy) is 2. The number of rotatable bonds is 6. The van der Waals surface area contributed by atoms with Crippen molar-refractivity contribution in [3.8, 4) is 17.0 Å². The second kappa shape index (κ2) is 9.24. The molecule has 1 aromatic carbocycles. The number of pyridine rings is 2. The molecule has 3 aromatic rings. The number of aromatic nitrogens is 2. The van der Waals surface area contributed by atoms with Crippen LogP contribution in [0.25, 0.3) is 11.3 Å². The van der Waals surface area contributed by atoms with Gasteiger partial charge in [-0.1, -0.05) is 12.1 Å². The van der Waals surface area contributed by atoms with Gasteiger partial charge in [-0.3, -0.25) is 9.88 Å². The predicted molar refractivity (Wildman–Crippen MR) is 119 cm³/mol. The van der Waals surface area contributed by atoms with Crippen LogP contribution in [-0.4, -0.2) is 55.8 Å². The summed E-state index contributed by atoms with van der Waals surface area (Å²) >= 11 is 0. The molecular formula is C24H28N4O2. The first-order valence-corrected chi connectivity index (χ1v) is 10.2. The molecule has 0 saturated carbocycles. The second-order valence-corrected chi connectivity index (χ2v) is 7.65. The van der Waals surface area contributed by atoms with Crippen LogP contribution < -0.4 is 9.64 Å². The van der Waals surface area contributed by atoms with Crippen LogP contribution in [-0.2, 0) is 11.3 Å². The quantitative estimate of drug-likeness (QED) is 0.623. The number of morpholine rings is 1. The van der Waals surface area contributed by atoms with Crippen molar-refractivity contribution in [2.24, 2.45) is 0 Å². The molecule has 3 heterocycles. The number of nitrogens with zero attached hydrogens (tertiary/aromatic N) is 4. The summed E-state index contributed by atoms with van der Waals surface area (Å²) in [5, 5.41) is 0. The molecule has 0 radical (unpaired) electrons. The van der Waals surface area contributed by atoms with Gasteiger partial charge in [0.2, 0.25) is 0 Å². The molecule has 0 bridgehead atoms. The molecule has 1 aliphatic heterocycles. The van der Waals surface area contributed by atoms with E-state index >= 15 is 0 Å². The Morgan fingerprint density at radius 1 is 1.10 bits per heavy atom. The van der Waals surface area contributed by atoms with E-state index in [1.807, 2.05) is 56.7 Å². The van der Waals surface area contributed by atoms with Gasteiger partial charge in [0.25, 0.3) is 0 Å². The molecule has 1 saturated heterocycles. The molecule has 1 aliphatic rings. The van der Waals surface area contributed by atoms with Crippen LogP contribution in [0.2, 0.25) is 0 Å². The van der Waals surface area contributed by atoms with Crippen LogP contribution >= 0.6 is 0 Å². The Morgan fingerprint density at radius 2 is 1.93 bits per heavy atom. The summed E-state index contributed by atoms with van der Waals surface area (Å²) in [6.45, 7) is 3.24. The lowest BCUT2D eigenvalue weighted by molar-refractivity contribution is -0.0349. The van der Waals surface area contributed by atoms with Crippen molar-refractivity contribution >= 4 is 5.82 Å². The predicted octanol–water partition coefficient (Wildman–Crippen LogP) is 3.79. The standard InChI is InChI=1S/C24H28N4O2/c1-27(2)24-19(6-5-13-25-24)16-28-14-15-30-23(17-28)22-8-4-7-21(26-22)18-9-11-20(29-3)12-10-18/h4-13,23H,14-17H2,1-3H3/t23-/m0/s1. The molecule has 6 nitrogen and oxygen atoms in total. The first-order chi connectivity index (χ1) is 14.6. The van der Waals surface area contributed by atoms with E-state index in [0.29, 0.717) is 6.61 Å². The molecule has 2 aromatic heterocycles. The van der Waals surface area contributed by atoms with Crippen LogP contribution in [0.3, 0.4) is 0 Å². The van der Waals surface area contributed by atoms with E-state index in [-0.39, 0.29) is 6.10 Å². The molecule has 1 atom stereocenters. The minimum atomic E-state index is -0.0450. The summed E-state index contributed by atoms with van der Waals surface area (Å²) in [5.41, 5.74) is 4.20. The molecule has 0 unspecified atom stereocenters. The average molecular weight is 405 g/mol. The second-order valence-electron chi connectivity index (χ2n) is 7.65. The number of methoxy groups -OCH3 is 1. The van der Waals surface area contributed by atoms with Crippen molar-refractivity contribution in [1.29, 1.82) is 0 Å². The zero-order chi connectivity index (χ0) is 20.9. The molecule has 1 fully saturated rings. The average Bonchev–Trinajstić information content (AvgIpc) is 2.80. The maximum absolute atomic E-state index is 6.09. The highest BCUT2D eigenvalue weighted by atomic mass is 16.5. The van der Waals surface area contributed by atoms with E-state index in [1.54, 1.807) is 7.11 Å². The largest absolute Gasteiger partial charge is 0.497 e. The molecule has 0 spiro atoms. The minimum Gasteiger partial charge on any atom is -0.497 e. The van der Waals surface area contributed by atoms with Gasteiger partial charge in [0.05, 0.1) is 25.1 Å². The van der Waals surface area contributed by atoms with Crippen molar-refractivity contribution in [3.63, 3.8) is 0 Å². The minimum absolute atomic E-state index is 0.0450. The van der Waals surface area contributed by atoms with Crippen molar-refractivity contribution in [3.05, 3.63) is 72.1 Å². The third-order valence-electron chi connectivity index (χ3n) is 5.32. The van der Waals surface area contributed by atoms with Gasteiger partial charge in [-0.25, -0.2) is 4.98 Å². The van der Waals surface area contributed by atoms with E-state index in [2.05, 4.69) is 33.0 Å². The molecule has 0 amide bonds. The van der Waals surface area contributed by atoms with Crippen molar-refractivity contribution < 1.29 is 9.47 Å². The van der Waals surface area contributed by atoms with Crippen molar-refractivity contribution in [2.45, 2.75) is 12.6 Å². The molecule has 30 heavy (non-hydrogen) atoms. The first kappa shape index (κ1) is 20.3. The van der Waals surface area contributed by atoms with Crippen LogP contribution in [0, 0.1) is 0 Å². The van der Waals surface area contributed by atoms with Gasteiger partial charge in [-0.2, -0.15) is 0 Å². The fraction of sp³-hybridized carbons (Fsp3) is 0.333. The smallest absolute Gasteiger partial charge is 0.132 e. The van der Waals surface area contributed by atoms with Gasteiger partial charge in [0, 0.05) is 51.1 Å². The summed E-state index contributed by atoms with van der Waals surface area (Å²) in [7, 11) is 5.73. The van der Waals surface area contributed by atoms with Crippen LogP contribution in [0.1, 0.15) is 17.4 Å². The van der Waals surface area contributed by atoms with E-state index < -0.39 is 0 Å². The Kier molecular flexibility index (Phi) is 6.26. The topological polar surface area (TPSA) is 50.7 Å². The van der Waals surface area contributed by atoms with E-state index in [0.717, 1.165) is 48.2 Å². The maximum Gasteiger partial charge on any atom is 0.132 e. The van der Waals surface area contributed by atoms with Crippen LogP contribution in [0.4, 0.5) is 5.82 Å². The molecule has 156 valence electrons. The fourth-order valence-electron chi connectivity index (χ4n) is 3.78. The van der Waals surface area contributed by atoms with Crippen LogP contribution in [0.15, 0.2) is 60.8 Å². The molecule has 6 heteroatoms. The summed E-state index contributed by atoms with van der Waals surface area (Å²) in [6, 6.07) is 18.3. The number of anilines is 1. The highest BCUT2D eigenvalue weighted by Crippen LogP contribution is 2.27. The van der Waals surface area contributed by atoms with Crippen molar-refractivity contribution in [2.75, 3.05) is 45.8 Å². The summed E-state index contributed by atoms with van der Waals surface area (Å²) < 4.78 is 11.3. The zero-order valence-corrected chi connectivity index (χ0v) is 17.8. The molecule has 0 aliphatic carbocycles. The fourth-order valence-corrected chi connectivity index (χ4v) is 3.78. The van der Waals surface area contributed by atoms with Gasteiger partial charge in [0.15, 0.2) is 0 Å².